The van der Waals surface area contributed by atoms with Crippen LogP contribution in [0.5, 0.6) is 0 Å². The number of rotatable bonds is 4. The Hall–Kier alpha value is -0.490. The van der Waals surface area contributed by atoms with Gasteiger partial charge in [-0.1, -0.05) is 99.9 Å². The van der Waals surface area contributed by atoms with Gasteiger partial charge in [0.15, 0.2) is 23.2 Å². The van der Waals surface area contributed by atoms with E-state index < -0.39 is 7.59 Å². The van der Waals surface area contributed by atoms with Gasteiger partial charge in [0.25, 0.3) is 0 Å². The van der Waals surface area contributed by atoms with Crippen LogP contribution in [0.1, 0.15) is 30.0 Å². The number of hydrogen-bond acceptors (Lipinski definition) is 4. The fourth-order valence-corrected chi connectivity index (χ4v) is 2.27. The van der Waals surface area contributed by atoms with Gasteiger partial charge in [-0.05, 0) is 18.6 Å². The topological polar surface area (TPSA) is 47.9 Å². The van der Waals surface area contributed by atoms with Crippen LogP contribution in [0.3, 0.4) is 0 Å². The molecule has 0 fully saturated rings. The Bertz CT molecular complexity index is 724. The molecule has 0 saturated heterocycles. The average molecular weight is 462 g/mol. The smallest absolute Gasteiger partial charge is 0.250 e. The lowest BCUT2D eigenvalue weighted by atomic mass is 10.2. The highest BCUT2D eigenvalue weighted by atomic mass is 35.6. The van der Waals surface area contributed by atoms with E-state index in [9.17, 15) is 0 Å². The van der Waals surface area contributed by atoms with Gasteiger partial charge in [-0.3, -0.25) is 0 Å². The molecule has 25 heavy (non-hydrogen) atoms. The van der Waals surface area contributed by atoms with Gasteiger partial charge in [0, 0.05) is 0 Å². The van der Waals surface area contributed by atoms with Crippen LogP contribution in [-0.4, -0.2) is 21.6 Å². The summed E-state index contributed by atoms with van der Waals surface area (Å²) < 4.78 is 1.77. The quantitative estimate of drug-likeness (QED) is 0.410. The Labute approximate surface area is 175 Å². The lowest BCUT2D eigenvalue weighted by Crippen LogP contribution is -2.18. The first-order valence-corrected chi connectivity index (χ1v) is 9.18. The van der Waals surface area contributed by atoms with Crippen LogP contribution in [0.4, 0.5) is 0 Å². The van der Waals surface area contributed by atoms with Crippen molar-refractivity contribution in [3.63, 3.8) is 0 Å². The van der Waals surface area contributed by atoms with E-state index in [0.29, 0.717) is 12.4 Å². The Morgan fingerprint density at radius 1 is 0.920 bits per heavy atom. The zero-order valence-corrected chi connectivity index (χ0v) is 17.2. The second-order valence-electron chi connectivity index (χ2n) is 4.65. The maximum absolute atomic E-state index is 5.88. The summed E-state index contributed by atoms with van der Waals surface area (Å²) in [5.74, 6) is 0.0513. The molecule has 4 nitrogen and oxygen atoms in total. The van der Waals surface area contributed by atoms with Gasteiger partial charge in [-0.15, -0.1) is 0 Å². The normalized spacial score (nSPS) is 13.0. The predicted octanol–water partition coefficient (Wildman–Crippen LogP) is 6.06. The van der Waals surface area contributed by atoms with Crippen LogP contribution in [0.15, 0.2) is 30.3 Å². The maximum atomic E-state index is 5.88. The van der Waals surface area contributed by atoms with Crippen LogP contribution in [-0.2, 0) is 12.3 Å². The van der Waals surface area contributed by atoms with E-state index in [1.165, 1.54) is 0 Å². The summed E-state index contributed by atoms with van der Waals surface area (Å²) in [5, 5.41) is 0. The Morgan fingerprint density at radius 3 is 1.88 bits per heavy atom. The second kappa shape index (κ2) is 8.47. The number of aromatic nitrogens is 3. The highest BCUT2D eigenvalue weighted by Crippen LogP contribution is 2.40. The number of nitrogens with zero attached hydrogens (tertiary/aromatic N) is 3. The van der Waals surface area contributed by atoms with E-state index in [4.69, 9.17) is 74.3 Å². The molecule has 0 aliphatic heterocycles. The van der Waals surface area contributed by atoms with Crippen molar-refractivity contribution in [3.05, 3.63) is 53.4 Å². The number of benzene rings is 1. The minimum atomic E-state index is -1.92. The SMILES string of the molecule is CCOC(=Cc1ccccc1)c1nc(C(Cl)(Cl)Cl)nc(C(Cl)(Cl)Cl)n1. The summed E-state index contributed by atoms with van der Waals surface area (Å²) in [7, 11) is 0. The minimum absolute atomic E-state index is 0.0864. The lowest BCUT2D eigenvalue weighted by molar-refractivity contribution is 0.297. The van der Waals surface area contributed by atoms with Crippen LogP contribution in [0.2, 0.25) is 0 Å². The second-order valence-corrected chi connectivity index (χ2v) is 9.22. The number of halogens is 6. The fraction of sp³-hybridized carbons (Fsp3) is 0.267. The van der Waals surface area contributed by atoms with Crippen LogP contribution >= 0.6 is 69.6 Å². The lowest BCUT2D eigenvalue weighted by Gasteiger charge is -2.16. The number of hydrogen-bond donors (Lipinski definition) is 0. The number of ether oxygens (including phenoxy) is 1. The molecule has 0 aliphatic rings. The third kappa shape index (κ3) is 6.02. The molecule has 0 aliphatic carbocycles. The third-order valence-corrected chi connectivity index (χ3v) is 3.77. The maximum Gasteiger partial charge on any atom is 0.250 e. The van der Waals surface area contributed by atoms with Crippen molar-refractivity contribution in [2.24, 2.45) is 0 Å². The summed E-state index contributed by atoms with van der Waals surface area (Å²) in [6, 6.07) is 9.41. The molecule has 1 aromatic heterocycles. The van der Waals surface area contributed by atoms with E-state index >= 15 is 0 Å². The first-order valence-electron chi connectivity index (χ1n) is 6.91. The third-order valence-electron chi connectivity index (χ3n) is 2.76. The van der Waals surface area contributed by atoms with Crippen LogP contribution < -0.4 is 0 Å². The van der Waals surface area contributed by atoms with Crippen molar-refractivity contribution in [1.29, 1.82) is 0 Å². The van der Waals surface area contributed by atoms with Crippen molar-refractivity contribution in [1.82, 2.24) is 15.0 Å². The molecule has 2 aromatic rings. The summed E-state index contributed by atoms with van der Waals surface area (Å²) >= 11 is 35.3. The zero-order chi connectivity index (χ0) is 18.7. The summed E-state index contributed by atoms with van der Waals surface area (Å²) in [4.78, 5) is 12.2. The standard InChI is InChI=1S/C15H11Cl6N3O/c1-2-25-10(8-9-6-4-3-5-7-9)11-22-12(14(16,17)18)24-13(23-11)15(19,20)21/h3-8H,2H2,1H3. The molecule has 10 heteroatoms. The Kier molecular flexibility index (Phi) is 7.05. The van der Waals surface area contributed by atoms with Crippen LogP contribution in [0, 0.1) is 0 Å². The Balaban J connectivity index is 2.62. The number of alkyl halides is 6. The molecule has 1 aromatic carbocycles. The summed E-state index contributed by atoms with van der Waals surface area (Å²) in [6.07, 6.45) is 1.73. The van der Waals surface area contributed by atoms with E-state index in [0.717, 1.165) is 5.56 Å². The van der Waals surface area contributed by atoms with Crippen molar-refractivity contribution in [2.75, 3.05) is 6.61 Å². The largest absolute Gasteiger partial charge is 0.490 e. The van der Waals surface area contributed by atoms with E-state index in [-0.39, 0.29) is 17.5 Å². The fourth-order valence-electron chi connectivity index (χ4n) is 1.77. The van der Waals surface area contributed by atoms with E-state index in [2.05, 4.69) is 15.0 Å². The molecule has 134 valence electrons. The van der Waals surface area contributed by atoms with Crippen molar-refractivity contribution < 1.29 is 4.74 Å². The molecule has 0 atom stereocenters. The van der Waals surface area contributed by atoms with Crippen LogP contribution in [0.25, 0.3) is 11.8 Å². The molecular weight excluding hydrogens is 451 g/mol. The highest BCUT2D eigenvalue weighted by molar-refractivity contribution is 6.67. The van der Waals surface area contributed by atoms with Gasteiger partial charge in [-0.2, -0.15) is 0 Å². The van der Waals surface area contributed by atoms with Crippen molar-refractivity contribution in [2.45, 2.75) is 14.5 Å². The molecule has 0 spiro atoms. The first kappa shape index (κ1) is 20.8. The molecule has 2 rings (SSSR count). The summed E-state index contributed by atoms with van der Waals surface area (Å²) in [5.41, 5.74) is 0.859. The molecular formula is C15H11Cl6N3O. The molecule has 0 saturated carbocycles. The van der Waals surface area contributed by atoms with Gasteiger partial charge in [0.05, 0.1) is 6.61 Å². The van der Waals surface area contributed by atoms with Gasteiger partial charge >= 0.3 is 0 Å². The molecule has 0 bridgehead atoms. The predicted molar refractivity (Wildman–Crippen MR) is 104 cm³/mol. The molecule has 0 amide bonds. The Morgan fingerprint density at radius 2 is 1.44 bits per heavy atom. The monoisotopic (exact) mass is 459 g/mol. The molecule has 0 N–H and O–H groups in total. The van der Waals surface area contributed by atoms with Gasteiger partial charge in [-0.25, -0.2) is 15.0 Å². The van der Waals surface area contributed by atoms with Crippen molar-refractivity contribution >= 4 is 81.4 Å². The molecule has 0 unspecified atom stereocenters. The highest BCUT2D eigenvalue weighted by Gasteiger charge is 2.34. The zero-order valence-electron chi connectivity index (χ0n) is 12.7. The van der Waals surface area contributed by atoms with Gasteiger partial charge < -0.3 is 4.74 Å². The van der Waals surface area contributed by atoms with Gasteiger partial charge in [0.1, 0.15) is 0 Å². The first-order chi connectivity index (χ1) is 11.6. The van der Waals surface area contributed by atoms with Gasteiger partial charge in [0.2, 0.25) is 7.59 Å². The van der Waals surface area contributed by atoms with E-state index in [1.807, 2.05) is 37.3 Å². The minimum Gasteiger partial charge on any atom is -0.490 e. The molecule has 1 heterocycles. The van der Waals surface area contributed by atoms with E-state index in [1.54, 1.807) is 6.08 Å². The van der Waals surface area contributed by atoms with Crippen molar-refractivity contribution in [3.8, 4) is 0 Å². The summed E-state index contributed by atoms with van der Waals surface area (Å²) in [6.45, 7) is 2.17. The molecule has 0 radical (unpaired) electrons. The average Bonchev–Trinajstić information content (AvgIpc) is 2.53.